The van der Waals surface area contributed by atoms with E-state index in [2.05, 4.69) is 9.80 Å². The van der Waals surface area contributed by atoms with Gasteiger partial charge >= 0.3 is 23.9 Å². The number of unbranched alkanes of at least 4 members (excludes halogenated alkanes) is 3. The van der Waals surface area contributed by atoms with Crippen LogP contribution in [0.15, 0.2) is 0 Å². The Morgan fingerprint density at radius 1 is 0.660 bits per heavy atom. The fourth-order valence-electron chi connectivity index (χ4n) is 6.90. The molecule has 288 valence electrons. The van der Waals surface area contributed by atoms with E-state index in [9.17, 15) is 24.0 Å². The quantitative estimate of drug-likeness (QED) is 0.0704. The summed E-state index contributed by atoms with van der Waals surface area (Å²) in [5.41, 5.74) is -0.418. The van der Waals surface area contributed by atoms with Gasteiger partial charge in [-0.1, -0.05) is 80.6 Å². The normalized spacial score (nSPS) is 21.7. The molecule has 11 heteroatoms. The third kappa shape index (κ3) is 14.9. The van der Waals surface area contributed by atoms with Gasteiger partial charge in [0, 0.05) is 50.2 Å². The summed E-state index contributed by atoms with van der Waals surface area (Å²) in [5.74, 6) is -1.46. The lowest BCUT2D eigenvalue weighted by molar-refractivity contribution is -0.210. The molecule has 11 nitrogen and oxygen atoms in total. The third-order valence-electron chi connectivity index (χ3n) is 9.51. The van der Waals surface area contributed by atoms with Crippen LogP contribution in [0.4, 0.5) is 0 Å². The van der Waals surface area contributed by atoms with Gasteiger partial charge in [-0.05, 0) is 57.9 Å². The van der Waals surface area contributed by atoms with Gasteiger partial charge in [0.05, 0.1) is 6.04 Å². The van der Waals surface area contributed by atoms with Crippen molar-refractivity contribution in [2.45, 2.75) is 188 Å². The number of likely N-dealkylation sites (tertiary alicyclic amines) is 1. The first-order chi connectivity index (χ1) is 23.9. The molecule has 0 spiro atoms. The molecular weight excluding hydrogens is 640 g/mol. The largest absolute Gasteiger partial charge is 0.464 e. The molecular formula is C39H68N2O9. The molecule has 1 aliphatic heterocycles. The molecule has 0 aromatic heterocycles. The minimum Gasteiger partial charge on any atom is -0.464 e. The zero-order valence-electron chi connectivity index (χ0n) is 32.3. The highest BCUT2D eigenvalue weighted by Crippen LogP contribution is 2.30. The number of carbonyl (C=O) groups is 5. The average Bonchev–Trinajstić information content (AvgIpc) is 3.05. The number of esters is 4. The van der Waals surface area contributed by atoms with Crippen molar-refractivity contribution in [3.63, 3.8) is 0 Å². The number of nitrogens with zero attached hydrogens (tertiary/aromatic N) is 2. The van der Waals surface area contributed by atoms with Gasteiger partial charge in [-0.3, -0.25) is 28.9 Å². The maximum Gasteiger partial charge on any atom is 0.306 e. The van der Waals surface area contributed by atoms with Gasteiger partial charge in [-0.15, -0.1) is 0 Å². The molecule has 1 heterocycles. The van der Waals surface area contributed by atoms with Crippen LogP contribution in [0.2, 0.25) is 0 Å². The van der Waals surface area contributed by atoms with Crippen LogP contribution in [0.1, 0.15) is 158 Å². The smallest absolute Gasteiger partial charge is 0.306 e. The monoisotopic (exact) mass is 708 g/mol. The molecule has 1 saturated carbocycles. The van der Waals surface area contributed by atoms with Gasteiger partial charge in [-0.2, -0.15) is 0 Å². The van der Waals surface area contributed by atoms with Crippen LogP contribution in [0.25, 0.3) is 0 Å². The molecule has 0 aromatic carbocycles. The first-order valence-corrected chi connectivity index (χ1v) is 19.6. The summed E-state index contributed by atoms with van der Waals surface area (Å²) >= 11 is 0. The van der Waals surface area contributed by atoms with Crippen LogP contribution < -0.4 is 0 Å². The SMILES string of the molecule is CCCC(=O)OC[C@@H]1[C@@H](OC(=O)CCC)[C@H](OC(=O)CCC)[C@@H](OC(=O)CCC)CN1CCCCCCN(C(=O)C(C)(C)C)C1CCCCC1. The predicted molar refractivity (Wildman–Crippen MR) is 192 cm³/mol. The van der Waals surface area contributed by atoms with E-state index in [1.807, 2.05) is 48.5 Å². The second-order valence-corrected chi connectivity index (χ2v) is 15.1. The lowest BCUT2D eigenvalue weighted by Crippen LogP contribution is -2.65. The molecule has 1 aliphatic carbocycles. The summed E-state index contributed by atoms with van der Waals surface area (Å²) in [5, 5.41) is 0. The van der Waals surface area contributed by atoms with Crippen LogP contribution in [-0.2, 0) is 42.9 Å². The van der Waals surface area contributed by atoms with Crippen molar-refractivity contribution < 1.29 is 42.9 Å². The molecule has 2 aliphatic rings. The summed E-state index contributed by atoms with van der Waals surface area (Å²) in [4.78, 5) is 68.7. The van der Waals surface area contributed by atoms with Crippen molar-refractivity contribution in [2.24, 2.45) is 5.41 Å². The van der Waals surface area contributed by atoms with Crippen molar-refractivity contribution >= 4 is 29.8 Å². The van der Waals surface area contributed by atoms with Crippen molar-refractivity contribution in [3.8, 4) is 0 Å². The fourth-order valence-corrected chi connectivity index (χ4v) is 6.90. The molecule has 0 radical (unpaired) electrons. The van der Waals surface area contributed by atoms with Crippen molar-refractivity contribution in [1.82, 2.24) is 9.80 Å². The Morgan fingerprint density at radius 2 is 1.18 bits per heavy atom. The Balaban J connectivity index is 2.26. The van der Waals surface area contributed by atoms with Gasteiger partial charge in [0.15, 0.2) is 18.3 Å². The van der Waals surface area contributed by atoms with Crippen molar-refractivity contribution in [1.29, 1.82) is 0 Å². The maximum atomic E-state index is 13.4. The van der Waals surface area contributed by atoms with E-state index in [-0.39, 0.29) is 50.7 Å². The molecule has 0 unspecified atom stereocenters. The lowest BCUT2D eigenvalue weighted by atomic mass is 9.89. The number of ether oxygens (including phenoxy) is 4. The fraction of sp³-hybridized carbons (Fsp3) is 0.872. The second kappa shape index (κ2) is 23.0. The maximum absolute atomic E-state index is 13.4. The van der Waals surface area contributed by atoms with E-state index < -0.39 is 47.7 Å². The Morgan fingerprint density at radius 3 is 1.74 bits per heavy atom. The van der Waals surface area contributed by atoms with Crippen LogP contribution in [0.3, 0.4) is 0 Å². The lowest BCUT2D eigenvalue weighted by Gasteiger charge is -2.47. The van der Waals surface area contributed by atoms with E-state index in [0.717, 1.165) is 45.1 Å². The van der Waals surface area contributed by atoms with Crippen LogP contribution in [-0.4, -0.2) is 96.2 Å². The summed E-state index contributed by atoms with van der Waals surface area (Å²) in [6.45, 7) is 15.0. The first-order valence-electron chi connectivity index (χ1n) is 19.6. The number of rotatable bonds is 21. The molecule has 1 amide bonds. The van der Waals surface area contributed by atoms with E-state index in [1.54, 1.807) is 0 Å². The molecule has 0 bridgehead atoms. The summed E-state index contributed by atoms with van der Waals surface area (Å²) in [6.07, 6.45) is 9.55. The molecule has 2 rings (SSSR count). The van der Waals surface area contributed by atoms with Crippen LogP contribution in [0, 0.1) is 5.41 Å². The van der Waals surface area contributed by atoms with E-state index in [4.69, 9.17) is 18.9 Å². The Hall–Kier alpha value is -2.69. The highest BCUT2D eigenvalue weighted by atomic mass is 16.6. The predicted octanol–water partition coefficient (Wildman–Crippen LogP) is 6.92. The molecule has 1 saturated heterocycles. The number of amides is 1. The zero-order chi connectivity index (χ0) is 37.1. The van der Waals surface area contributed by atoms with Gasteiger partial charge in [-0.25, -0.2) is 0 Å². The average molecular weight is 709 g/mol. The number of carbonyl (C=O) groups excluding carboxylic acids is 5. The van der Waals surface area contributed by atoms with E-state index >= 15 is 0 Å². The summed E-state index contributed by atoms with van der Waals surface area (Å²) in [6, 6.07) is -0.276. The Bertz CT molecular complexity index is 1050. The Labute approximate surface area is 301 Å². The zero-order valence-corrected chi connectivity index (χ0v) is 32.3. The molecule has 4 atom stereocenters. The molecule has 2 fully saturated rings. The summed E-state index contributed by atoms with van der Waals surface area (Å²) in [7, 11) is 0. The van der Waals surface area contributed by atoms with Gasteiger partial charge < -0.3 is 23.8 Å². The van der Waals surface area contributed by atoms with Gasteiger partial charge in [0.25, 0.3) is 0 Å². The number of piperidine rings is 1. The summed E-state index contributed by atoms with van der Waals surface area (Å²) < 4.78 is 23.6. The number of hydrogen-bond acceptors (Lipinski definition) is 10. The van der Waals surface area contributed by atoms with E-state index in [0.29, 0.717) is 38.3 Å². The Kier molecular flexibility index (Phi) is 20.0. The highest BCUT2D eigenvalue weighted by Gasteiger charge is 2.50. The minimum atomic E-state index is -1.03. The molecule has 50 heavy (non-hydrogen) atoms. The van der Waals surface area contributed by atoms with E-state index in [1.165, 1.54) is 19.3 Å². The highest BCUT2D eigenvalue weighted by molar-refractivity contribution is 5.81. The first kappa shape index (κ1) is 43.5. The van der Waals surface area contributed by atoms with Crippen LogP contribution >= 0.6 is 0 Å². The number of hydrogen-bond donors (Lipinski definition) is 0. The minimum absolute atomic E-state index is 0.0500. The van der Waals surface area contributed by atoms with Crippen molar-refractivity contribution in [3.05, 3.63) is 0 Å². The standard InChI is InChI=1S/C39H68N2O9/c1-8-19-32(42)47-28-30-36(49-34(44)21-10-3)37(50-35(45)22-11-4)31(48-33(43)20-9-2)27-40(30)25-17-12-13-18-26-41(38(46)39(5,6)7)29-23-15-14-16-24-29/h29-31,36-37H,8-28H2,1-7H3/t30-,31+,36-,37-/m1/s1. The van der Waals surface area contributed by atoms with Crippen molar-refractivity contribution in [2.75, 3.05) is 26.2 Å². The molecule has 0 aromatic rings. The molecule has 0 N–H and O–H groups in total. The second-order valence-electron chi connectivity index (χ2n) is 15.1. The van der Waals surface area contributed by atoms with Gasteiger partial charge in [0.2, 0.25) is 5.91 Å². The van der Waals surface area contributed by atoms with Crippen LogP contribution in [0.5, 0.6) is 0 Å². The topological polar surface area (TPSA) is 129 Å². The third-order valence-corrected chi connectivity index (χ3v) is 9.51. The van der Waals surface area contributed by atoms with Gasteiger partial charge in [0.1, 0.15) is 6.61 Å².